The van der Waals surface area contributed by atoms with Crippen LogP contribution in [0.1, 0.15) is 40.0 Å². The van der Waals surface area contributed by atoms with Crippen molar-refractivity contribution in [3.8, 4) is 5.88 Å². The fraction of sp³-hybridized carbons (Fsp3) is 0.406. The van der Waals surface area contributed by atoms with Gasteiger partial charge in [0.05, 0.1) is 30.1 Å². The number of likely N-dealkylation sites (tertiary alicyclic amines) is 2. The largest absolute Gasteiger partial charge is 0.416 e. The van der Waals surface area contributed by atoms with Crippen LogP contribution in [0.2, 0.25) is 10.1 Å². The molecule has 228 valence electrons. The van der Waals surface area contributed by atoms with E-state index in [1.165, 1.54) is 23.2 Å². The molecular formula is C32H36ClF2N3O4Si. The average Bonchev–Trinajstić information content (AvgIpc) is 2.96. The van der Waals surface area contributed by atoms with E-state index in [2.05, 4.69) is 50.0 Å². The molecule has 43 heavy (non-hydrogen) atoms. The zero-order chi connectivity index (χ0) is 30.8. The van der Waals surface area contributed by atoms with Crippen LogP contribution < -0.4 is 15.1 Å². The summed E-state index contributed by atoms with van der Waals surface area (Å²) in [6.07, 6.45) is 0.0216. The summed E-state index contributed by atoms with van der Waals surface area (Å²) >= 11 is 5.83. The van der Waals surface area contributed by atoms with Gasteiger partial charge in [-0.25, -0.2) is 18.6 Å². The lowest BCUT2D eigenvalue weighted by Crippen LogP contribution is -2.68. The molecule has 2 fully saturated rings. The van der Waals surface area contributed by atoms with Crippen molar-refractivity contribution in [2.24, 2.45) is 0 Å². The minimum atomic E-state index is -3.18. The van der Waals surface area contributed by atoms with Crippen LogP contribution in [0.25, 0.3) is 0 Å². The maximum absolute atomic E-state index is 14.9. The number of hydrogen-bond donors (Lipinski definition) is 0. The fourth-order valence-corrected chi connectivity index (χ4v) is 11.1. The highest BCUT2D eigenvalue weighted by molar-refractivity contribution is 6.99. The molecule has 2 atom stereocenters. The molecule has 2 aliphatic heterocycles. The Kier molecular flexibility index (Phi) is 8.92. The van der Waals surface area contributed by atoms with Crippen LogP contribution in [0.3, 0.4) is 0 Å². The molecule has 0 radical (unpaired) electrons. The van der Waals surface area contributed by atoms with Crippen molar-refractivity contribution in [1.29, 1.82) is 0 Å². The van der Waals surface area contributed by atoms with Gasteiger partial charge in [-0.1, -0.05) is 93.0 Å². The van der Waals surface area contributed by atoms with Crippen LogP contribution in [-0.2, 0) is 9.22 Å². The summed E-state index contributed by atoms with van der Waals surface area (Å²) in [4.78, 5) is 32.7. The Morgan fingerprint density at radius 3 is 2.19 bits per heavy atom. The first kappa shape index (κ1) is 31.1. The maximum atomic E-state index is 14.9. The van der Waals surface area contributed by atoms with Gasteiger partial charge in [0.1, 0.15) is 0 Å². The number of halogens is 3. The number of hydrogen-bond acceptors (Lipinski definition) is 5. The van der Waals surface area contributed by atoms with Crippen LogP contribution in [0.4, 0.5) is 13.6 Å². The molecule has 1 unspecified atom stereocenters. The van der Waals surface area contributed by atoms with Crippen molar-refractivity contribution in [3.05, 3.63) is 84.0 Å². The number of nitrogens with zero attached hydrogens (tertiary/aromatic N) is 3. The molecule has 0 spiro atoms. The van der Waals surface area contributed by atoms with E-state index in [1.54, 1.807) is 0 Å². The van der Waals surface area contributed by atoms with E-state index in [1.807, 2.05) is 36.4 Å². The molecule has 0 bridgehead atoms. The maximum Gasteiger partial charge on any atom is 0.416 e. The van der Waals surface area contributed by atoms with Gasteiger partial charge >= 0.3 is 6.09 Å². The van der Waals surface area contributed by atoms with Gasteiger partial charge in [0.2, 0.25) is 11.8 Å². The molecule has 0 saturated carbocycles. The summed E-state index contributed by atoms with van der Waals surface area (Å²) < 4.78 is 42.2. The van der Waals surface area contributed by atoms with E-state index >= 15 is 0 Å². The normalized spacial score (nSPS) is 21.0. The van der Waals surface area contributed by atoms with Gasteiger partial charge in [-0.3, -0.25) is 9.69 Å². The van der Waals surface area contributed by atoms with Gasteiger partial charge in [-0.2, -0.15) is 0 Å². The van der Waals surface area contributed by atoms with Crippen LogP contribution >= 0.6 is 11.6 Å². The molecule has 3 heterocycles. The SMILES string of the molecule is CC(C)(C)[Si](OC1CCN([C@H]2CN(C(=O)Oc3ccc(Cl)cn3)CC(F)(F)C2)C(=O)C1)(c1ccccc1)c1ccccc1. The fourth-order valence-electron chi connectivity index (χ4n) is 6.25. The Balaban J connectivity index is 1.33. The number of amides is 2. The van der Waals surface area contributed by atoms with Gasteiger partial charge in [0.15, 0.2) is 0 Å². The third kappa shape index (κ3) is 6.76. The summed E-state index contributed by atoms with van der Waals surface area (Å²) in [7, 11) is -2.89. The third-order valence-corrected chi connectivity index (χ3v) is 13.5. The monoisotopic (exact) mass is 627 g/mol. The summed E-state index contributed by atoms with van der Waals surface area (Å²) in [5, 5.41) is 2.31. The molecule has 1 aromatic heterocycles. The van der Waals surface area contributed by atoms with Crippen molar-refractivity contribution in [2.45, 2.75) is 63.1 Å². The third-order valence-electron chi connectivity index (χ3n) is 8.15. The zero-order valence-electron chi connectivity index (χ0n) is 24.5. The Labute approximate surface area is 256 Å². The second kappa shape index (κ2) is 12.3. The number of carbonyl (C=O) groups is 2. The molecule has 7 nitrogen and oxygen atoms in total. The number of carbonyl (C=O) groups excluding carboxylic acids is 2. The van der Waals surface area contributed by atoms with Gasteiger partial charge in [0.25, 0.3) is 14.2 Å². The lowest BCUT2D eigenvalue weighted by molar-refractivity contribution is -0.146. The highest BCUT2D eigenvalue weighted by atomic mass is 35.5. The van der Waals surface area contributed by atoms with Crippen molar-refractivity contribution in [2.75, 3.05) is 19.6 Å². The smallest absolute Gasteiger partial charge is 0.404 e. The van der Waals surface area contributed by atoms with Gasteiger partial charge in [0, 0.05) is 31.8 Å². The summed E-state index contributed by atoms with van der Waals surface area (Å²) in [5.74, 6) is -3.49. The summed E-state index contributed by atoms with van der Waals surface area (Å²) in [5.41, 5.74) is 0. The van der Waals surface area contributed by atoms with E-state index in [-0.39, 0.29) is 42.4 Å². The lowest BCUT2D eigenvalue weighted by Gasteiger charge is -2.48. The molecular weight excluding hydrogens is 592 g/mol. The summed E-state index contributed by atoms with van der Waals surface area (Å²) in [6.45, 7) is 5.92. The van der Waals surface area contributed by atoms with Crippen molar-refractivity contribution in [1.82, 2.24) is 14.8 Å². The van der Waals surface area contributed by atoms with Crippen molar-refractivity contribution < 1.29 is 27.5 Å². The molecule has 5 rings (SSSR count). The second-order valence-electron chi connectivity index (χ2n) is 12.3. The number of piperidine rings is 2. The van der Waals surface area contributed by atoms with E-state index in [0.29, 0.717) is 11.4 Å². The Morgan fingerprint density at radius 2 is 1.65 bits per heavy atom. The zero-order valence-corrected chi connectivity index (χ0v) is 26.3. The predicted molar refractivity (Wildman–Crippen MR) is 164 cm³/mol. The Hall–Kier alpha value is -3.34. The van der Waals surface area contributed by atoms with E-state index in [9.17, 15) is 18.4 Å². The molecule has 2 aromatic carbocycles. The quantitative estimate of drug-likeness (QED) is 0.337. The number of ether oxygens (including phenoxy) is 1. The van der Waals surface area contributed by atoms with Crippen LogP contribution in [0.15, 0.2) is 79.0 Å². The molecule has 3 aromatic rings. The first-order valence-electron chi connectivity index (χ1n) is 14.4. The Bertz CT molecular complexity index is 1380. The molecule has 2 saturated heterocycles. The highest BCUT2D eigenvalue weighted by Crippen LogP contribution is 2.39. The molecule has 2 aliphatic rings. The first-order valence-corrected chi connectivity index (χ1v) is 16.7. The molecule has 11 heteroatoms. The molecule has 0 N–H and O–H groups in total. The first-order chi connectivity index (χ1) is 20.4. The van der Waals surface area contributed by atoms with Crippen LogP contribution in [-0.4, -0.2) is 72.8 Å². The van der Waals surface area contributed by atoms with E-state index in [0.717, 1.165) is 15.3 Å². The Morgan fingerprint density at radius 1 is 1.02 bits per heavy atom. The van der Waals surface area contributed by atoms with Crippen molar-refractivity contribution >= 4 is 42.3 Å². The van der Waals surface area contributed by atoms with Crippen molar-refractivity contribution in [3.63, 3.8) is 0 Å². The highest BCUT2D eigenvalue weighted by Gasteiger charge is 2.53. The second-order valence-corrected chi connectivity index (χ2v) is 16.9. The van der Waals surface area contributed by atoms with Gasteiger partial charge < -0.3 is 14.1 Å². The minimum absolute atomic E-state index is 0.0443. The number of rotatable bonds is 6. The van der Waals surface area contributed by atoms with Gasteiger partial charge in [-0.05, 0) is 27.9 Å². The minimum Gasteiger partial charge on any atom is -0.404 e. The molecule has 0 aliphatic carbocycles. The number of benzene rings is 2. The van der Waals surface area contributed by atoms with E-state index < -0.39 is 39.3 Å². The number of aromatic nitrogens is 1. The predicted octanol–water partition coefficient (Wildman–Crippen LogP) is 5.51. The van der Waals surface area contributed by atoms with Crippen LogP contribution in [0.5, 0.6) is 5.88 Å². The molecule has 2 amide bonds. The standard InChI is InChI=1S/C32H36ClF2N3O4Si/c1-31(2,3)43(26-10-6-4-7-11-26,27-12-8-5-9-13-27)42-25-16-17-38(29(39)18-25)24-19-32(34,35)22-37(21-24)30(40)41-28-15-14-23(33)20-36-28/h4-15,20,24-25H,16-19,21-22H2,1-3H3/t24-,25?/m1/s1. The summed E-state index contributed by atoms with van der Waals surface area (Å²) in [6, 6.07) is 22.4. The topological polar surface area (TPSA) is 72.0 Å². The van der Waals surface area contributed by atoms with Gasteiger partial charge in [-0.15, -0.1) is 0 Å². The lowest BCUT2D eigenvalue weighted by atomic mass is 9.97. The van der Waals surface area contributed by atoms with Crippen LogP contribution in [0, 0.1) is 0 Å². The average molecular weight is 628 g/mol. The number of pyridine rings is 1. The number of alkyl halides is 2. The van der Waals surface area contributed by atoms with E-state index in [4.69, 9.17) is 20.8 Å².